The first-order valence-electron chi connectivity index (χ1n) is 7.84. The topological polar surface area (TPSA) is 151 Å². The van der Waals surface area contributed by atoms with Gasteiger partial charge in [-0.05, 0) is 25.1 Å². The molecule has 0 spiro atoms. The molecule has 1 aromatic rings. The average Bonchev–Trinajstić information content (AvgIpc) is 2.59. The molecule has 25 heavy (non-hydrogen) atoms. The lowest BCUT2D eigenvalue weighted by molar-refractivity contribution is -0.138. The second-order valence-electron chi connectivity index (χ2n) is 5.27. The maximum absolute atomic E-state index is 12.2. The highest BCUT2D eigenvalue weighted by Crippen LogP contribution is 2.07. The molecule has 0 aliphatic rings. The van der Waals surface area contributed by atoms with Crippen molar-refractivity contribution in [3.05, 3.63) is 30.3 Å². The molecular formula is C15H24N4O5S. The van der Waals surface area contributed by atoms with Crippen molar-refractivity contribution in [1.82, 2.24) is 15.4 Å². The second kappa shape index (κ2) is 10.8. The minimum absolute atomic E-state index is 0.00610. The molecule has 1 aromatic carbocycles. The van der Waals surface area contributed by atoms with Gasteiger partial charge in [0.05, 0.1) is 4.90 Å². The Bertz CT molecular complexity index is 651. The molecule has 0 fully saturated rings. The van der Waals surface area contributed by atoms with Crippen LogP contribution >= 0.6 is 0 Å². The van der Waals surface area contributed by atoms with Gasteiger partial charge in [-0.3, -0.25) is 9.59 Å². The standard InChI is InChI=1S/C15H24N4O5S/c16-8-4-7-14(20)18-10-9-17-11-13(15(21)22)19-25(23,24)12-5-2-1-3-6-12/h1-3,5-6,13,17,19H,4,7-11,16H2,(H,18,20)(H,21,22)/t13-/m0/s1. The number of sulfonamides is 1. The van der Waals surface area contributed by atoms with Gasteiger partial charge in [-0.25, -0.2) is 8.42 Å². The van der Waals surface area contributed by atoms with Crippen LogP contribution in [0.5, 0.6) is 0 Å². The van der Waals surface area contributed by atoms with E-state index in [1.807, 2.05) is 0 Å². The quantitative estimate of drug-likeness (QED) is 0.291. The van der Waals surface area contributed by atoms with Crippen molar-refractivity contribution in [2.45, 2.75) is 23.8 Å². The Morgan fingerprint density at radius 3 is 2.44 bits per heavy atom. The van der Waals surface area contributed by atoms with Crippen LogP contribution in [0.25, 0.3) is 0 Å². The zero-order chi connectivity index (χ0) is 18.7. The lowest BCUT2D eigenvalue weighted by Crippen LogP contribution is -2.48. The first-order valence-corrected chi connectivity index (χ1v) is 9.33. The predicted molar refractivity (Wildman–Crippen MR) is 92.4 cm³/mol. The van der Waals surface area contributed by atoms with E-state index in [0.29, 0.717) is 32.5 Å². The third-order valence-electron chi connectivity index (χ3n) is 3.23. The smallest absolute Gasteiger partial charge is 0.323 e. The normalized spacial score (nSPS) is 12.5. The molecule has 0 saturated heterocycles. The van der Waals surface area contributed by atoms with E-state index in [9.17, 15) is 23.1 Å². The van der Waals surface area contributed by atoms with Gasteiger partial charge in [0.15, 0.2) is 0 Å². The van der Waals surface area contributed by atoms with Gasteiger partial charge in [0, 0.05) is 26.1 Å². The molecule has 0 saturated carbocycles. The zero-order valence-corrected chi connectivity index (χ0v) is 14.6. The minimum atomic E-state index is -3.92. The fourth-order valence-electron chi connectivity index (χ4n) is 1.92. The number of aliphatic carboxylic acids is 1. The van der Waals surface area contributed by atoms with E-state index in [1.54, 1.807) is 18.2 Å². The van der Waals surface area contributed by atoms with Gasteiger partial charge in [-0.2, -0.15) is 4.72 Å². The molecule has 0 heterocycles. The highest BCUT2D eigenvalue weighted by atomic mass is 32.2. The van der Waals surface area contributed by atoms with Gasteiger partial charge in [-0.15, -0.1) is 0 Å². The monoisotopic (exact) mass is 372 g/mol. The largest absolute Gasteiger partial charge is 0.480 e. The summed E-state index contributed by atoms with van der Waals surface area (Å²) in [6.45, 7) is 0.944. The molecule has 0 aromatic heterocycles. The van der Waals surface area contributed by atoms with E-state index in [4.69, 9.17) is 5.73 Å². The highest BCUT2D eigenvalue weighted by Gasteiger charge is 2.24. The molecule has 0 aliphatic carbocycles. The number of hydrogen-bond donors (Lipinski definition) is 5. The summed E-state index contributed by atoms with van der Waals surface area (Å²) < 4.78 is 26.5. The van der Waals surface area contributed by atoms with Gasteiger partial charge in [0.1, 0.15) is 6.04 Å². The van der Waals surface area contributed by atoms with Crippen molar-refractivity contribution in [3.8, 4) is 0 Å². The van der Waals surface area contributed by atoms with Gasteiger partial charge in [-0.1, -0.05) is 18.2 Å². The highest BCUT2D eigenvalue weighted by molar-refractivity contribution is 7.89. The summed E-state index contributed by atoms with van der Waals surface area (Å²) in [6.07, 6.45) is 0.937. The number of nitrogens with one attached hydrogen (secondary N) is 3. The fraction of sp³-hybridized carbons (Fsp3) is 0.467. The van der Waals surface area contributed by atoms with Crippen molar-refractivity contribution in [2.24, 2.45) is 5.73 Å². The predicted octanol–water partition coefficient (Wildman–Crippen LogP) is -1.14. The summed E-state index contributed by atoms with van der Waals surface area (Å²) in [4.78, 5) is 22.6. The van der Waals surface area contributed by atoms with Crippen LogP contribution in [0.3, 0.4) is 0 Å². The number of carbonyl (C=O) groups is 2. The first kappa shape index (κ1) is 21.0. The molecule has 0 bridgehead atoms. The Labute approximate surface area is 147 Å². The molecule has 6 N–H and O–H groups in total. The summed E-state index contributed by atoms with van der Waals surface area (Å²) >= 11 is 0. The number of benzene rings is 1. The molecule has 1 rings (SSSR count). The van der Waals surface area contributed by atoms with Crippen LogP contribution in [0.1, 0.15) is 12.8 Å². The fourth-order valence-corrected chi connectivity index (χ4v) is 3.13. The zero-order valence-electron chi connectivity index (χ0n) is 13.8. The molecule has 1 amide bonds. The van der Waals surface area contributed by atoms with E-state index >= 15 is 0 Å². The van der Waals surface area contributed by atoms with Crippen LogP contribution in [0.4, 0.5) is 0 Å². The molecule has 1 atom stereocenters. The Morgan fingerprint density at radius 1 is 1.16 bits per heavy atom. The molecule has 0 aliphatic heterocycles. The summed E-state index contributed by atoms with van der Waals surface area (Å²) in [7, 11) is -3.92. The minimum Gasteiger partial charge on any atom is -0.480 e. The Balaban J connectivity index is 2.43. The Kier molecular flexibility index (Phi) is 9.06. The number of carbonyl (C=O) groups excluding carboxylic acids is 1. The number of carboxylic acid groups (broad SMARTS) is 1. The number of rotatable bonds is 12. The van der Waals surface area contributed by atoms with Crippen LogP contribution in [0, 0.1) is 0 Å². The first-order chi connectivity index (χ1) is 11.9. The average molecular weight is 372 g/mol. The van der Waals surface area contributed by atoms with Crippen molar-refractivity contribution < 1.29 is 23.1 Å². The lowest BCUT2D eigenvalue weighted by atomic mass is 10.3. The maximum atomic E-state index is 12.2. The number of nitrogens with two attached hydrogens (primary N) is 1. The van der Waals surface area contributed by atoms with Crippen molar-refractivity contribution in [2.75, 3.05) is 26.2 Å². The molecule has 0 unspecified atom stereocenters. The Hall–Kier alpha value is -2.01. The molecular weight excluding hydrogens is 348 g/mol. The third-order valence-corrected chi connectivity index (χ3v) is 4.72. The van der Waals surface area contributed by atoms with Crippen molar-refractivity contribution >= 4 is 21.9 Å². The van der Waals surface area contributed by atoms with Crippen LogP contribution in [-0.2, 0) is 19.6 Å². The summed E-state index contributed by atoms with van der Waals surface area (Å²) in [6, 6.07) is 6.21. The van der Waals surface area contributed by atoms with E-state index in [2.05, 4.69) is 15.4 Å². The molecule has 10 heteroatoms. The molecule has 140 valence electrons. The van der Waals surface area contributed by atoms with Crippen molar-refractivity contribution in [1.29, 1.82) is 0 Å². The number of hydrogen-bond acceptors (Lipinski definition) is 6. The van der Waals surface area contributed by atoms with Crippen LogP contribution in [-0.4, -0.2) is 57.6 Å². The number of amides is 1. The van der Waals surface area contributed by atoms with E-state index in [1.165, 1.54) is 12.1 Å². The number of carboxylic acids is 1. The Morgan fingerprint density at radius 2 is 1.84 bits per heavy atom. The molecule has 0 radical (unpaired) electrons. The molecule has 9 nitrogen and oxygen atoms in total. The van der Waals surface area contributed by atoms with Crippen molar-refractivity contribution in [3.63, 3.8) is 0 Å². The third kappa shape index (κ3) is 8.07. The van der Waals surface area contributed by atoms with E-state index < -0.39 is 22.0 Å². The summed E-state index contributed by atoms with van der Waals surface area (Å²) in [5, 5.41) is 14.6. The van der Waals surface area contributed by atoms with Crippen LogP contribution in [0.15, 0.2) is 35.2 Å². The lowest BCUT2D eigenvalue weighted by Gasteiger charge is -2.15. The SMILES string of the molecule is NCCCC(=O)NCCNC[C@H](NS(=O)(=O)c1ccccc1)C(=O)O. The maximum Gasteiger partial charge on any atom is 0.323 e. The van der Waals surface area contributed by atoms with E-state index in [0.717, 1.165) is 0 Å². The van der Waals surface area contributed by atoms with Gasteiger partial charge < -0.3 is 21.5 Å². The van der Waals surface area contributed by atoms with Crippen LogP contribution < -0.4 is 21.1 Å². The van der Waals surface area contributed by atoms with Gasteiger partial charge in [0.25, 0.3) is 0 Å². The summed E-state index contributed by atoms with van der Waals surface area (Å²) in [5.41, 5.74) is 5.30. The van der Waals surface area contributed by atoms with Crippen LogP contribution in [0.2, 0.25) is 0 Å². The van der Waals surface area contributed by atoms with Gasteiger partial charge >= 0.3 is 5.97 Å². The van der Waals surface area contributed by atoms with Gasteiger partial charge in [0.2, 0.25) is 15.9 Å². The summed E-state index contributed by atoms with van der Waals surface area (Å²) in [5.74, 6) is -1.43. The second-order valence-corrected chi connectivity index (χ2v) is 6.99. The van der Waals surface area contributed by atoms with E-state index in [-0.39, 0.29) is 17.3 Å².